The highest BCUT2D eigenvalue weighted by molar-refractivity contribution is 7.92. The third-order valence-electron chi connectivity index (χ3n) is 7.58. The summed E-state index contributed by atoms with van der Waals surface area (Å²) in [6.07, 6.45) is 4.29. The summed E-state index contributed by atoms with van der Waals surface area (Å²) in [6, 6.07) is 19.5. The Morgan fingerprint density at radius 2 is 1.69 bits per heavy atom. The average Bonchev–Trinajstić information content (AvgIpc) is 3.50. The minimum atomic E-state index is -4.24. The van der Waals surface area contributed by atoms with Gasteiger partial charge in [0.2, 0.25) is 11.8 Å². The molecule has 0 saturated heterocycles. The van der Waals surface area contributed by atoms with E-state index < -0.39 is 28.5 Å². The van der Waals surface area contributed by atoms with Crippen molar-refractivity contribution in [3.05, 3.63) is 88.9 Å². The zero-order valence-corrected chi connectivity index (χ0v) is 25.8. The molecule has 2 amide bonds. The lowest BCUT2D eigenvalue weighted by atomic mass is 10.1. The molecule has 1 N–H and O–H groups in total. The van der Waals surface area contributed by atoms with E-state index in [1.807, 2.05) is 38.1 Å². The van der Waals surface area contributed by atoms with Crippen molar-refractivity contribution < 1.29 is 22.7 Å². The molecule has 1 unspecified atom stereocenters. The maximum absolute atomic E-state index is 14.3. The standard InChI is InChI=1S/C32H38ClN3O5S/c1-4-28(32(38)34-26-10-8-9-11-26)35(21-24-16-14-23(2)15-17-24)31(37)22-36(29-20-25(33)18-19-30(29)41-3)42(39,40)27-12-6-5-7-13-27/h5-7,12-20,26,28H,4,8-11,21-22H2,1-3H3,(H,34,38). The third-order valence-corrected chi connectivity index (χ3v) is 9.59. The van der Waals surface area contributed by atoms with Crippen molar-refractivity contribution in [1.82, 2.24) is 10.2 Å². The molecule has 1 atom stereocenters. The van der Waals surface area contributed by atoms with Gasteiger partial charge in [0, 0.05) is 17.6 Å². The number of methoxy groups -OCH3 is 1. The van der Waals surface area contributed by atoms with Gasteiger partial charge in [-0.2, -0.15) is 0 Å². The summed E-state index contributed by atoms with van der Waals surface area (Å²) < 4.78 is 34.6. The predicted octanol–water partition coefficient (Wildman–Crippen LogP) is 5.72. The molecule has 42 heavy (non-hydrogen) atoms. The summed E-state index contributed by atoms with van der Waals surface area (Å²) in [5.74, 6) is -0.518. The average molecular weight is 612 g/mol. The molecule has 1 aliphatic carbocycles. The Morgan fingerprint density at radius 1 is 1.02 bits per heavy atom. The highest BCUT2D eigenvalue weighted by Crippen LogP contribution is 2.35. The summed E-state index contributed by atoms with van der Waals surface area (Å²) in [7, 11) is -2.81. The van der Waals surface area contributed by atoms with Crippen LogP contribution < -0.4 is 14.4 Å². The molecule has 0 bridgehead atoms. The maximum atomic E-state index is 14.3. The van der Waals surface area contributed by atoms with E-state index in [4.69, 9.17) is 16.3 Å². The number of nitrogens with zero attached hydrogens (tertiary/aromatic N) is 2. The molecule has 0 heterocycles. The van der Waals surface area contributed by atoms with Gasteiger partial charge in [0.1, 0.15) is 18.3 Å². The van der Waals surface area contributed by atoms with Crippen LogP contribution in [0.2, 0.25) is 5.02 Å². The first-order chi connectivity index (χ1) is 20.1. The second-order valence-corrected chi connectivity index (χ2v) is 12.9. The summed E-state index contributed by atoms with van der Waals surface area (Å²) in [5, 5.41) is 3.41. The Morgan fingerprint density at radius 3 is 2.31 bits per heavy atom. The van der Waals surface area contributed by atoms with Crippen LogP contribution in [0, 0.1) is 6.92 Å². The number of benzene rings is 3. The quantitative estimate of drug-likeness (QED) is 0.283. The van der Waals surface area contributed by atoms with Crippen molar-refractivity contribution in [2.75, 3.05) is 18.0 Å². The number of anilines is 1. The van der Waals surface area contributed by atoms with Gasteiger partial charge in [0.15, 0.2) is 0 Å². The lowest BCUT2D eigenvalue weighted by Crippen LogP contribution is -2.53. The zero-order chi connectivity index (χ0) is 30.3. The van der Waals surface area contributed by atoms with Crippen LogP contribution in [0.5, 0.6) is 5.75 Å². The first kappa shape index (κ1) is 31.4. The molecule has 1 aliphatic rings. The number of hydrogen-bond acceptors (Lipinski definition) is 5. The van der Waals surface area contributed by atoms with E-state index >= 15 is 0 Å². The minimum Gasteiger partial charge on any atom is -0.495 e. The van der Waals surface area contributed by atoms with Gasteiger partial charge >= 0.3 is 0 Å². The van der Waals surface area contributed by atoms with Gasteiger partial charge in [-0.05, 0) is 62.1 Å². The summed E-state index contributed by atoms with van der Waals surface area (Å²) in [6.45, 7) is 3.41. The second-order valence-electron chi connectivity index (χ2n) is 10.6. The maximum Gasteiger partial charge on any atom is 0.264 e. The van der Waals surface area contributed by atoms with E-state index in [0.29, 0.717) is 6.42 Å². The van der Waals surface area contributed by atoms with Crippen molar-refractivity contribution in [2.24, 2.45) is 0 Å². The molecule has 3 aromatic rings. The Balaban J connectivity index is 1.75. The van der Waals surface area contributed by atoms with E-state index in [1.165, 1.54) is 30.2 Å². The molecule has 10 heteroatoms. The van der Waals surface area contributed by atoms with Crippen molar-refractivity contribution in [3.8, 4) is 5.75 Å². The number of hydrogen-bond donors (Lipinski definition) is 1. The van der Waals surface area contributed by atoms with Gasteiger partial charge in [0.05, 0.1) is 17.7 Å². The fourth-order valence-corrected chi connectivity index (χ4v) is 6.87. The topological polar surface area (TPSA) is 96.0 Å². The Labute approximate surface area is 253 Å². The predicted molar refractivity (Wildman–Crippen MR) is 165 cm³/mol. The van der Waals surface area contributed by atoms with E-state index in [-0.39, 0.29) is 39.8 Å². The first-order valence-electron chi connectivity index (χ1n) is 14.2. The van der Waals surface area contributed by atoms with Crippen LogP contribution >= 0.6 is 11.6 Å². The van der Waals surface area contributed by atoms with Crippen molar-refractivity contribution in [1.29, 1.82) is 0 Å². The normalized spacial score (nSPS) is 14.3. The smallest absolute Gasteiger partial charge is 0.264 e. The van der Waals surface area contributed by atoms with Gasteiger partial charge in [-0.1, -0.05) is 79.4 Å². The lowest BCUT2D eigenvalue weighted by molar-refractivity contribution is -0.140. The fraction of sp³-hybridized carbons (Fsp3) is 0.375. The van der Waals surface area contributed by atoms with Gasteiger partial charge in [-0.25, -0.2) is 8.42 Å². The Kier molecular flexibility index (Phi) is 10.5. The van der Waals surface area contributed by atoms with Crippen molar-refractivity contribution >= 4 is 39.1 Å². The Bertz CT molecular complexity index is 1480. The molecule has 1 fully saturated rings. The highest BCUT2D eigenvalue weighted by atomic mass is 35.5. The summed E-state index contributed by atoms with van der Waals surface area (Å²) >= 11 is 6.30. The van der Waals surface area contributed by atoms with Crippen molar-refractivity contribution in [2.45, 2.75) is 69.5 Å². The third kappa shape index (κ3) is 7.44. The lowest BCUT2D eigenvalue weighted by Gasteiger charge is -2.34. The molecule has 1 saturated carbocycles. The highest BCUT2D eigenvalue weighted by Gasteiger charge is 2.35. The Hall–Kier alpha value is -3.56. The van der Waals surface area contributed by atoms with Gasteiger partial charge in [0.25, 0.3) is 10.0 Å². The number of sulfonamides is 1. The van der Waals surface area contributed by atoms with Crippen LogP contribution in [0.4, 0.5) is 5.69 Å². The van der Waals surface area contributed by atoms with Crippen molar-refractivity contribution in [3.63, 3.8) is 0 Å². The number of carbonyl (C=O) groups is 2. The number of aryl methyl sites for hydroxylation is 1. The van der Waals surface area contributed by atoms with E-state index in [2.05, 4.69) is 5.32 Å². The van der Waals surface area contributed by atoms with E-state index in [0.717, 1.165) is 41.1 Å². The number of ether oxygens (including phenoxy) is 1. The summed E-state index contributed by atoms with van der Waals surface area (Å²) in [5.41, 5.74) is 2.02. The number of carbonyl (C=O) groups excluding carboxylic acids is 2. The van der Waals surface area contributed by atoms with Gasteiger partial charge in [-0.3, -0.25) is 13.9 Å². The zero-order valence-electron chi connectivity index (χ0n) is 24.3. The van der Waals surface area contributed by atoms with Gasteiger partial charge in [-0.15, -0.1) is 0 Å². The van der Waals surface area contributed by atoms with Crippen LogP contribution in [0.15, 0.2) is 77.7 Å². The molecule has 8 nitrogen and oxygen atoms in total. The fourth-order valence-electron chi connectivity index (χ4n) is 5.27. The molecule has 0 radical (unpaired) electrons. The molecule has 3 aromatic carbocycles. The van der Waals surface area contributed by atoms with Crippen LogP contribution in [-0.4, -0.2) is 50.9 Å². The van der Waals surface area contributed by atoms with Crippen LogP contribution in [0.1, 0.15) is 50.2 Å². The molecular formula is C32H38ClN3O5S. The second kappa shape index (κ2) is 14.1. The SMILES string of the molecule is CCC(C(=O)NC1CCCC1)N(Cc1ccc(C)cc1)C(=O)CN(c1cc(Cl)ccc1OC)S(=O)(=O)c1ccccc1. The monoisotopic (exact) mass is 611 g/mol. The molecule has 224 valence electrons. The van der Waals surface area contributed by atoms with E-state index in [9.17, 15) is 18.0 Å². The van der Waals surface area contributed by atoms with Crippen LogP contribution in [0.25, 0.3) is 0 Å². The van der Waals surface area contributed by atoms with Crippen LogP contribution in [-0.2, 0) is 26.2 Å². The number of halogens is 1. The van der Waals surface area contributed by atoms with Gasteiger partial charge < -0.3 is 15.0 Å². The minimum absolute atomic E-state index is 0.0101. The molecule has 0 spiro atoms. The molecular weight excluding hydrogens is 574 g/mol. The number of rotatable bonds is 12. The largest absolute Gasteiger partial charge is 0.495 e. The molecule has 0 aliphatic heterocycles. The van der Waals surface area contributed by atoms with Crippen LogP contribution in [0.3, 0.4) is 0 Å². The van der Waals surface area contributed by atoms with E-state index in [1.54, 1.807) is 30.3 Å². The number of nitrogens with one attached hydrogen (secondary N) is 1. The first-order valence-corrected chi connectivity index (χ1v) is 16.0. The summed E-state index contributed by atoms with van der Waals surface area (Å²) in [4.78, 5) is 29.3. The molecule has 4 rings (SSSR count). The number of amides is 2. The molecule has 0 aromatic heterocycles.